The molecule has 6 nitrogen and oxygen atoms in total. The van der Waals surface area contributed by atoms with Crippen LogP contribution in [-0.2, 0) is 20.7 Å². The zero-order valence-electron chi connectivity index (χ0n) is 13.7. The Morgan fingerprint density at radius 2 is 2.12 bits per heavy atom. The van der Waals surface area contributed by atoms with Crippen LogP contribution in [0.1, 0.15) is 5.56 Å². The highest BCUT2D eigenvalue weighted by molar-refractivity contribution is 6.30. The molecule has 0 aliphatic carbocycles. The van der Waals surface area contributed by atoms with Gasteiger partial charge in [0.05, 0.1) is 11.5 Å². The van der Waals surface area contributed by atoms with Gasteiger partial charge in [-0.05, 0) is 24.1 Å². The molecule has 2 N–H and O–H groups in total. The Bertz CT molecular complexity index is 616. The second-order valence-electron chi connectivity index (χ2n) is 6.60. The first-order valence-corrected chi connectivity index (χ1v) is 8.45. The molecule has 7 heteroatoms. The fraction of sp³-hybridized carbons (Fsp3) is 0.529. The van der Waals surface area contributed by atoms with Crippen molar-refractivity contribution in [2.24, 2.45) is 5.41 Å². The number of rotatable bonds is 5. The number of amides is 2. The lowest BCUT2D eigenvalue weighted by atomic mass is 9.75. The highest BCUT2D eigenvalue weighted by Crippen LogP contribution is 2.28. The molecule has 1 atom stereocenters. The summed E-state index contributed by atoms with van der Waals surface area (Å²) in [6, 6.07) is 7.61. The van der Waals surface area contributed by atoms with E-state index >= 15 is 0 Å². The van der Waals surface area contributed by atoms with E-state index in [9.17, 15) is 9.59 Å². The molecule has 1 aromatic carbocycles. The maximum absolute atomic E-state index is 12.7. The van der Waals surface area contributed by atoms with Crippen molar-refractivity contribution in [2.75, 3.05) is 39.8 Å². The van der Waals surface area contributed by atoms with Gasteiger partial charge in [0, 0.05) is 38.2 Å². The quantitative estimate of drug-likeness (QED) is 0.808. The molecule has 0 saturated carbocycles. The number of ether oxygens (including phenoxy) is 1. The van der Waals surface area contributed by atoms with Crippen molar-refractivity contribution < 1.29 is 14.3 Å². The summed E-state index contributed by atoms with van der Waals surface area (Å²) in [6.07, 6.45) is 0.518. The highest BCUT2D eigenvalue weighted by Gasteiger charge is 2.44. The van der Waals surface area contributed by atoms with Crippen LogP contribution in [0.25, 0.3) is 0 Å². The summed E-state index contributed by atoms with van der Waals surface area (Å²) in [6.45, 7) is 2.31. The Labute approximate surface area is 146 Å². The number of likely N-dealkylation sites (N-methyl/N-ethyl adjacent to an activating group) is 1. The number of hydrogen-bond donors (Lipinski definition) is 2. The van der Waals surface area contributed by atoms with Crippen molar-refractivity contribution in [3.8, 4) is 0 Å². The molecule has 2 heterocycles. The second kappa shape index (κ2) is 7.09. The van der Waals surface area contributed by atoms with Crippen LogP contribution >= 0.6 is 11.6 Å². The van der Waals surface area contributed by atoms with E-state index < -0.39 is 5.41 Å². The molecule has 2 aliphatic rings. The predicted octanol–water partition coefficient (Wildman–Crippen LogP) is 0.445. The third-order valence-electron chi connectivity index (χ3n) is 4.70. The van der Waals surface area contributed by atoms with Gasteiger partial charge < -0.3 is 20.3 Å². The molecule has 3 rings (SSSR count). The van der Waals surface area contributed by atoms with Crippen LogP contribution in [0.5, 0.6) is 0 Å². The van der Waals surface area contributed by atoms with E-state index in [4.69, 9.17) is 16.3 Å². The molecule has 130 valence electrons. The number of nitrogens with one attached hydrogen (secondary N) is 2. The SMILES string of the molecule is CN1CC(CNC(=O)C2(Cc3ccc(Cl)cc3)CNC2)OCC1=O. The van der Waals surface area contributed by atoms with Gasteiger partial charge in [-0.25, -0.2) is 0 Å². The van der Waals surface area contributed by atoms with Gasteiger partial charge in [-0.1, -0.05) is 23.7 Å². The summed E-state index contributed by atoms with van der Waals surface area (Å²) in [5.74, 6) is -0.000619. The molecule has 0 radical (unpaired) electrons. The van der Waals surface area contributed by atoms with Gasteiger partial charge in [0.1, 0.15) is 6.61 Å². The van der Waals surface area contributed by atoms with Gasteiger partial charge >= 0.3 is 0 Å². The lowest BCUT2D eigenvalue weighted by molar-refractivity contribution is -0.147. The Kier molecular flexibility index (Phi) is 5.08. The van der Waals surface area contributed by atoms with E-state index in [1.54, 1.807) is 11.9 Å². The molecule has 1 unspecified atom stereocenters. The fourth-order valence-corrected chi connectivity index (χ4v) is 3.19. The summed E-state index contributed by atoms with van der Waals surface area (Å²) < 4.78 is 5.47. The van der Waals surface area contributed by atoms with Crippen molar-refractivity contribution in [2.45, 2.75) is 12.5 Å². The molecule has 2 fully saturated rings. The van der Waals surface area contributed by atoms with Gasteiger partial charge in [-0.15, -0.1) is 0 Å². The Morgan fingerprint density at radius 1 is 1.42 bits per heavy atom. The maximum atomic E-state index is 12.7. The molecule has 1 aromatic rings. The topological polar surface area (TPSA) is 70.7 Å². The molecule has 24 heavy (non-hydrogen) atoms. The monoisotopic (exact) mass is 351 g/mol. The zero-order valence-corrected chi connectivity index (χ0v) is 14.4. The van der Waals surface area contributed by atoms with Crippen molar-refractivity contribution >= 4 is 23.4 Å². The van der Waals surface area contributed by atoms with Crippen molar-refractivity contribution in [3.63, 3.8) is 0 Å². The molecule has 0 bridgehead atoms. The number of morpholine rings is 1. The van der Waals surface area contributed by atoms with Gasteiger partial charge in [-0.2, -0.15) is 0 Å². The van der Waals surface area contributed by atoms with Gasteiger partial charge in [0.15, 0.2) is 0 Å². The number of halogens is 1. The molecular formula is C17H22ClN3O3. The van der Waals surface area contributed by atoms with Crippen LogP contribution in [0, 0.1) is 5.41 Å². The number of hydrogen-bond acceptors (Lipinski definition) is 4. The summed E-state index contributed by atoms with van der Waals surface area (Å²) in [5.41, 5.74) is 0.666. The average molecular weight is 352 g/mol. The van der Waals surface area contributed by atoms with Crippen LogP contribution in [0.15, 0.2) is 24.3 Å². The van der Waals surface area contributed by atoms with E-state index in [0.29, 0.717) is 37.6 Å². The third-order valence-corrected chi connectivity index (χ3v) is 4.95. The Balaban J connectivity index is 1.56. The van der Waals surface area contributed by atoms with E-state index in [-0.39, 0.29) is 24.5 Å². The predicted molar refractivity (Wildman–Crippen MR) is 90.8 cm³/mol. The standard InChI is InChI=1S/C17H22ClN3O3/c1-21-8-14(24-9-15(21)22)7-20-16(23)17(10-19-11-17)6-12-2-4-13(18)5-3-12/h2-5,14,19H,6-11H2,1H3,(H,20,23). The van der Waals surface area contributed by atoms with E-state index in [1.807, 2.05) is 24.3 Å². The van der Waals surface area contributed by atoms with E-state index in [2.05, 4.69) is 10.6 Å². The maximum Gasteiger partial charge on any atom is 0.248 e. The molecule has 2 amide bonds. The third kappa shape index (κ3) is 3.71. The summed E-state index contributed by atoms with van der Waals surface area (Å²) in [4.78, 5) is 25.7. The number of carbonyl (C=O) groups excluding carboxylic acids is 2. The number of nitrogens with zero attached hydrogens (tertiary/aromatic N) is 1. The molecule has 2 aliphatic heterocycles. The Hall–Kier alpha value is -1.63. The first-order valence-electron chi connectivity index (χ1n) is 8.07. The normalized spacial score (nSPS) is 22.8. The molecule has 0 spiro atoms. The van der Waals surface area contributed by atoms with E-state index in [1.165, 1.54) is 0 Å². The minimum Gasteiger partial charge on any atom is -0.365 e. The number of benzene rings is 1. The van der Waals surface area contributed by atoms with Crippen LogP contribution in [0.3, 0.4) is 0 Å². The van der Waals surface area contributed by atoms with Gasteiger partial charge in [0.25, 0.3) is 0 Å². The lowest BCUT2D eigenvalue weighted by Gasteiger charge is -2.41. The molecule has 2 saturated heterocycles. The zero-order chi connectivity index (χ0) is 17.2. The van der Waals surface area contributed by atoms with Crippen LogP contribution in [0.2, 0.25) is 5.02 Å². The average Bonchev–Trinajstić information content (AvgIpc) is 2.53. The summed E-state index contributed by atoms with van der Waals surface area (Å²) >= 11 is 5.92. The minimum absolute atomic E-state index is 0.0272. The van der Waals surface area contributed by atoms with Crippen molar-refractivity contribution in [1.82, 2.24) is 15.5 Å². The van der Waals surface area contributed by atoms with Crippen LogP contribution in [-0.4, -0.2) is 62.7 Å². The summed E-state index contributed by atoms with van der Waals surface area (Å²) in [5, 5.41) is 6.88. The molecule has 0 aromatic heterocycles. The van der Waals surface area contributed by atoms with E-state index in [0.717, 1.165) is 5.56 Å². The minimum atomic E-state index is -0.426. The number of carbonyl (C=O) groups is 2. The summed E-state index contributed by atoms with van der Waals surface area (Å²) in [7, 11) is 1.75. The van der Waals surface area contributed by atoms with Crippen LogP contribution < -0.4 is 10.6 Å². The largest absolute Gasteiger partial charge is 0.365 e. The van der Waals surface area contributed by atoms with Crippen molar-refractivity contribution in [3.05, 3.63) is 34.9 Å². The second-order valence-corrected chi connectivity index (χ2v) is 7.04. The Morgan fingerprint density at radius 3 is 2.71 bits per heavy atom. The lowest BCUT2D eigenvalue weighted by Crippen LogP contribution is -2.63. The smallest absolute Gasteiger partial charge is 0.248 e. The molecular weight excluding hydrogens is 330 g/mol. The fourth-order valence-electron chi connectivity index (χ4n) is 3.06. The first-order chi connectivity index (χ1) is 11.5. The van der Waals surface area contributed by atoms with Gasteiger partial charge in [-0.3, -0.25) is 9.59 Å². The van der Waals surface area contributed by atoms with Crippen molar-refractivity contribution in [1.29, 1.82) is 0 Å². The van der Waals surface area contributed by atoms with Crippen LogP contribution in [0.4, 0.5) is 0 Å². The highest BCUT2D eigenvalue weighted by atomic mass is 35.5. The van der Waals surface area contributed by atoms with Gasteiger partial charge in [0.2, 0.25) is 11.8 Å². The first kappa shape index (κ1) is 17.2.